The molecular formula is C21H24N4O5. The molecule has 2 saturated heterocycles. The molecule has 9 heteroatoms. The molecule has 5 heterocycles. The summed E-state index contributed by atoms with van der Waals surface area (Å²) in [6.07, 6.45) is 7.71. The third-order valence-electron chi connectivity index (χ3n) is 5.76. The maximum atomic E-state index is 12.2. The number of fused-ring (bicyclic) bond motifs is 1. The van der Waals surface area contributed by atoms with Crippen LogP contribution >= 0.6 is 0 Å². The van der Waals surface area contributed by atoms with E-state index in [1.165, 1.54) is 0 Å². The van der Waals surface area contributed by atoms with E-state index in [2.05, 4.69) is 15.1 Å². The highest BCUT2D eigenvalue weighted by Crippen LogP contribution is 2.27. The van der Waals surface area contributed by atoms with Gasteiger partial charge >= 0.3 is 6.09 Å². The lowest BCUT2D eigenvalue weighted by Gasteiger charge is -2.31. The van der Waals surface area contributed by atoms with Crippen molar-refractivity contribution in [3.63, 3.8) is 0 Å². The topological polar surface area (TPSA) is 104 Å². The smallest absolute Gasteiger partial charge is 0.409 e. The fourth-order valence-electron chi connectivity index (χ4n) is 4.04. The molecule has 2 aliphatic rings. The third kappa shape index (κ3) is 4.16. The van der Waals surface area contributed by atoms with Crippen LogP contribution in [0.5, 0.6) is 0 Å². The second kappa shape index (κ2) is 8.43. The molecule has 0 unspecified atom stereocenters. The van der Waals surface area contributed by atoms with E-state index in [0.29, 0.717) is 49.5 Å². The number of rotatable bonds is 5. The van der Waals surface area contributed by atoms with Gasteiger partial charge in [-0.15, -0.1) is 0 Å². The van der Waals surface area contributed by atoms with Crippen molar-refractivity contribution >= 4 is 17.1 Å². The number of piperidine rings is 1. The van der Waals surface area contributed by atoms with E-state index < -0.39 is 0 Å². The number of furan rings is 1. The molecule has 0 radical (unpaired) electrons. The molecule has 2 aliphatic heterocycles. The normalized spacial score (nSPS) is 20.1. The van der Waals surface area contributed by atoms with E-state index in [-0.39, 0.29) is 12.2 Å². The van der Waals surface area contributed by atoms with Crippen LogP contribution in [0, 0.1) is 5.92 Å². The number of amides is 1. The molecule has 30 heavy (non-hydrogen) atoms. The minimum Gasteiger partial charge on any atom is -0.451 e. The Balaban J connectivity index is 1.12. The van der Waals surface area contributed by atoms with E-state index in [1.807, 2.05) is 6.07 Å². The Hall–Kier alpha value is -2.94. The molecule has 2 fully saturated rings. The molecule has 0 bridgehead atoms. The molecule has 9 nitrogen and oxygen atoms in total. The van der Waals surface area contributed by atoms with Gasteiger partial charge in [-0.1, -0.05) is 5.16 Å². The van der Waals surface area contributed by atoms with E-state index in [4.69, 9.17) is 18.4 Å². The second-order valence-corrected chi connectivity index (χ2v) is 7.89. The monoisotopic (exact) mass is 412 g/mol. The lowest BCUT2D eigenvalue weighted by atomic mass is 9.93. The summed E-state index contributed by atoms with van der Waals surface area (Å²) < 4.78 is 22.0. The van der Waals surface area contributed by atoms with E-state index >= 15 is 0 Å². The number of hydrogen-bond acceptors (Lipinski definition) is 8. The molecule has 158 valence electrons. The lowest BCUT2D eigenvalue weighted by molar-refractivity contribution is 0.0257. The fourth-order valence-corrected chi connectivity index (χ4v) is 4.04. The van der Waals surface area contributed by atoms with Crippen LogP contribution in [0.25, 0.3) is 22.6 Å². The predicted molar refractivity (Wildman–Crippen MR) is 106 cm³/mol. The largest absolute Gasteiger partial charge is 0.451 e. The first kappa shape index (κ1) is 19.0. The van der Waals surface area contributed by atoms with E-state index in [9.17, 15) is 4.79 Å². The van der Waals surface area contributed by atoms with Crippen molar-refractivity contribution in [1.29, 1.82) is 0 Å². The van der Waals surface area contributed by atoms with Gasteiger partial charge in [-0.2, -0.15) is 4.98 Å². The zero-order valence-electron chi connectivity index (χ0n) is 16.7. The summed E-state index contributed by atoms with van der Waals surface area (Å²) >= 11 is 0. The van der Waals surface area contributed by atoms with Crippen LogP contribution in [0.15, 0.2) is 33.5 Å². The average Bonchev–Trinajstić information content (AvgIpc) is 3.52. The number of likely N-dealkylation sites (tertiary alicyclic amines) is 1. The van der Waals surface area contributed by atoms with Gasteiger partial charge in [0.05, 0.1) is 6.10 Å². The molecular weight excluding hydrogens is 388 g/mol. The highest BCUT2D eigenvalue weighted by Gasteiger charge is 2.26. The molecule has 0 spiro atoms. The summed E-state index contributed by atoms with van der Waals surface area (Å²) in [5.74, 6) is 1.97. The summed E-state index contributed by atoms with van der Waals surface area (Å²) in [5.41, 5.74) is 0.735. The Kier molecular flexibility index (Phi) is 5.35. The van der Waals surface area contributed by atoms with Gasteiger partial charge in [0.15, 0.2) is 11.6 Å². The maximum absolute atomic E-state index is 12.2. The van der Waals surface area contributed by atoms with Crippen molar-refractivity contribution in [2.75, 3.05) is 26.3 Å². The number of nitrogens with zero attached hydrogens (tertiary/aromatic N) is 4. The van der Waals surface area contributed by atoms with Crippen molar-refractivity contribution in [3.05, 3.63) is 30.4 Å². The first-order chi connectivity index (χ1) is 14.7. The van der Waals surface area contributed by atoms with Crippen LogP contribution in [0.3, 0.4) is 0 Å². The molecule has 5 rings (SSSR count). The van der Waals surface area contributed by atoms with Gasteiger partial charge in [-0.25, -0.2) is 4.79 Å². The van der Waals surface area contributed by atoms with Gasteiger partial charge in [0.1, 0.15) is 12.2 Å². The van der Waals surface area contributed by atoms with Gasteiger partial charge in [0.2, 0.25) is 0 Å². The number of ether oxygens (including phenoxy) is 2. The molecule has 0 aromatic carbocycles. The van der Waals surface area contributed by atoms with Crippen LogP contribution in [-0.2, 0) is 15.9 Å². The fraction of sp³-hybridized carbons (Fsp3) is 0.524. The molecule has 0 N–H and O–H groups in total. The lowest BCUT2D eigenvalue weighted by Crippen LogP contribution is -2.40. The van der Waals surface area contributed by atoms with Crippen LogP contribution in [-0.4, -0.2) is 58.5 Å². The van der Waals surface area contributed by atoms with Crippen LogP contribution < -0.4 is 0 Å². The van der Waals surface area contributed by atoms with Gasteiger partial charge < -0.3 is 23.3 Å². The first-order valence-corrected chi connectivity index (χ1v) is 10.4. The van der Waals surface area contributed by atoms with Crippen molar-refractivity contribution in [2.24, 2.45) is 5.92 Å². The minimum absolute atomic E-state index is 0.0574. The number of carbonyl (C=O) groups is 1. The van der Waals surface area contributed by atoms with Gasteiger partial charge in [0, 0.05) is 43.9 Å². The number of pyridine rings is 1. The minimum atomic E-state index is -0.245. The number of carbonyl (C=O) groups excluding carboxylic acids is 1. The average molecular weight is 412 g/mol. The van der Waals surface area contributed by atoms with Crippen LogP contribution in [0.4, 0.5) is 4.79 Å². The van der Waals surface area contributed by atoms with Crippen molar-refractivity contribution in [1.82, 2.24) is 20.0 Å². The third-order valence-corrected chi connectivity index (χ3v) is 5.76. The molecule has 1 atom stereocenters. The van der Waals surface area contributed by atoms with Crippen molar-refractivity contribution in [3.8, 4) is 11.7 Å². The SMILES string of the molecule is O=C(OC[C@@H]1CCCO1)N1CCC(Cc2noc(-c3cc4cnccc4o3)n2)CC1. The molecule has 3 aromatic rings. The Morgan fingerprint density at radius 1 is 1.27 bits per heavy atom. The highest BCUT2D eigenvalue weighted by atomic mass is 16.6. The van der Waals surface area contributed by atoms with Gasteiger partial charge in [-0.3, -0.25) is 4.98 Å². The standard InChI is InChI=1S/C21H24N4O5/c26-21(28-13-16-2-1-9-27-16)25-7-4-14(5-8-25)10-19-23-20(30-24-19)18-11-15-12-22-6-3-17(15)29-18/h3,6,11-12,14,16H,1-2,4-5,7-10,13H2/t16-/m0/s1. The predicted octanol–water partition coefficient (Wildman–Crippen LogP) is 3.45. The van der Waals surface area contributed by atoms with Gasteiger partial charge in [-0.05, 0) is 43.7 Å². The Morgan fingerprint density at radius 3 is 2.97 bits per heavy atom. The molecule has 1 amide bonds. The zero-order chi connectivity index (χ0) is 20.3. The van der Waals surface area contributed by atoms with Crippen molar-refractivity contribution < 1.29 is 23.2 Å². The summed E-state index contributed by atoms with van der Waals surface area (Å²) in [5, 5.41) is 5.00. The second-order valence-electron chi connectivity index (χ2n) is 7.89. The summed E-state index contributed by atoms with van der Waals surface area (Å²) in [6, 6.07) is 3.65. The van der Waals surface area contributed by atoms with Crippen LogP contribution in [0.1, 0.15) is 31.5 Å². The summed E-state index contributed by atoms with van der Waals surface area (Å²) in [4.78, 5) is 22.6. The Morgan fingerprint density at radius 2 is 2.17 bits per heavy atom. The molecule has 0 saturated carbocycles. The maximum Gasteiger partial charge on any atom is 0.409 e. The zero-order valence-corrected chi connectivity index (χ0v) is 16.7. The summed E-state index contributed by atoms with van der Waals surface area (Å²) in [6.45, 7) is 2.47. The van der Waals surface area contributed by atoms with Crippen LogP contribution in [0.2, 0.25) is 0 Å². The Bertz CT molecular complexity index is 969. The van der Waals surface area contributed by atoms with E-state index in [1.54, 1.807) is 23.4 Å². The number of aromatic nitrogens is 3. The summed E-state index contributed by atoms with van der Waals surface area (Å²) in [7, 11) is 0. The van der Waals surface area contributed by atoms with E-state index in [0.717, 1.165) is 43.3 Å². The first-order valence-electron chi connectivity index (χ1n) is 10.4. The van der Waals surface area contributed by atoms with Crippen molar-refractivity contribution in [2.45, 2.75) is 38.2 Å². The molecule has 0 aliphatic carbocycles. The highest BCUT2D eigenvalue weighted by molar-refractivity contribution is 5.80. The quantitative estimate of drug-likeness (QED) is 0.628. The Labute approximate surface area is 173 Å². The molecule has 3 aromatic heterocycles. The van der Waals surface area contributed by atoms with Gasteiger partial charge in [0.25, 0.3) is 5.89 Å². The number of hydrogen-bond donors (Lipinski definition) is 0.